The van der Waals surface area contributed by atoms with E-state index in [1.54, 1.807) is 0 Å². The van der Waals surface area contributed by atoms with Gasteiger partial charge in [-0.3, -0.25) is 0 Å². The van der Waals surface area contributed by atoms with E-state index < -0.39 is 0 Å². The van der Waals surface area contributed by atoms with Gasteiger partial charge in [-0.05, 0) is 38.1 Å². The van der Waals surface area contributed by atoms with Crippen molar-refractivity contribution in [1.82, 2.24) is 0 Å². The maximum absolute atomic E-state index is 4.34. The van der Waals surface area contributed by atoms with Crippen molar-refractivity contribution >= 4 is 17.1 Å². The zero-order chi connectivity index (χ0) is 18.2. The first-order valence-electron chi connectivity index (χ1n) is 9.08. The van der Waals surface area contributed by atoms with Gasteiger partial charge in [-0.25, -0.2) is 4.57 Å². The van der Waals surface area contributed by atoms with Crippen LogP contribution in [0.5, 0.6) is 0 Å². The normalized spacial score (nSPS) is 11.0. The third kappa shape index (κ3) is 4.76. The molecule has 0 aliphatic carbocycles. The van der Waals surface area contributed by atoms with E-state index in [1.165, 1.54) is 11.3 Å². The summed E-state index contributed by atoms with van der Waals surface area (Å²) >= 11 is 0. The first-order chi connectivity index (χ1) is 12.8. The quantitative estimate of drug-likeness (QED) is 0.423. The molecule has 0 saturated carbocycles. The molecule has 0 fully saturated rings. The lowest BCUT2D eigenvalue weighted by molar-refractivity contribution is -0.688. The molecular weight excluding hydrogens is 320 g/mol. The van der Waals surface area contributed by atoms with Crippen LogP contribution in [0.15, 0.2) is 89.4 Å². The average molecular weight is 345 g/mol. The Hall–Kier alpha value is -3.01. The third-order valence-electron chi connectivity index (χ3n) is 4.34. The van der Waals surface area contributed by atoms with Gasteiger partial charge in [0.05, 0.1) is 11.4 Å². The maximum Gasteiger partial charge on any atom is 0.173 e. The summed E-state index contributed by atoms with van der Waals surface area (Å²) < 4.78 is 2.13. The maximum atomic E-state index is 4.34. The van der Waals surface area contributed by atoms with Crippen molar-refractivity contribution in [1.29, 1.82) is 0 Å². The van der Waals surface area contributed by atoms with Gasteiger partial charge in [0.1, 0.15) is 0 Å². The van der Waals surface area contributed by atoms with Crippen LogP contribution in [0.2, 0.25) is 0 Å². The number of benzene rings is 2. The molecule has 0 aliphatic heterocycles. The SMILES string of the molecule is CCN(CC)c1ccc(N=Nc2cc[n+](Cc3ccccc3)cc2)cc1. The second-order valence-corrected chi connectivity index (χ2v) is 6.10. The number of aromatic nitrogens is 1. The van der Waals surface area contributed by atoms with Crippen LogP contribution in [0.4, 0.5) is 17.1 Å². The molecule has 132 valence electrons. The predicted molar refractivity (Wildman–Crippen MR) is 106 cm³/mol. The van der Waals surface area contributed by atoms with Crippen LogP contribution in [0.1, 0.15) is 19.4 Å². The van der Waals surface area contributed by atoms with Gasteiger partial charge in [-0.15, -0.1) is 0 Å². The lowest BCUT2D eigenvalue weighted by Gasteiger charge is -2.20. The average Bonchev–Trinajstić information content (AvgIpc) is 2.70. The molecule has 4 nitrogen and oxygen atoms in total. The van der Waals surface area contributed by atoms with E-state index in [4.69, 9.17) is 0 Å². The van der Waals surface area contributed by atoms with Gasteiger partial charge in [0, 0.05) is 36.5 Å². The molecule has 0 bridgehead atoms. The molecule has 2 aromatic carbocycles. The number of rotatable bonds is 7. The van der Waals surface area contributed by atoms with Gasteiger partial charge >= 0.3 is 0 Å². The van der Waals surface area contributed by atoms with E-state index in [2.05, 4.69) is 69.9 Å². The van der Waals surface area contributed by atoms with Crippen molar-refractivity contribution in [3.63, 3.8) is 0 Å². The van der Waals surface area contributed by atoms with Crippen molar-refractivity contribution in [3.8, 4) is 0 Å². The minimum Gasteiger partial charge on any atom is -0.372 e. The summed E-state index contributed by atoms with van der Waals surface area (Å²) in [6, 6.07) is 22.6. The van der Waals surface area contributed by atoms with Crippen LogP contribution in [0.3, 0.4) is 0 Å². The van der Waals surface area contributed by atoms with Crippen molar-refractivity contribution in [3.05, 3.63) is 84.7 Å². The van der Waals surface area contributed by atoms with E-state index in [0.717, 1.165) is 31.0 Å². The molecule has 1 aromatic heterocycles. The van der Waals surface area contributed by atoms with Crippen molar-refractivity contribution in [2.45, 2.75) is 20.4 Å². The van der Waals surface area contributed by atoms with Gasteiger partial charge in [0.25, 0.3) is 0 Å². The number of anilines is 1. The summed E-state index contributed by atoms with van der Waals surface area (Å²) in [6.07, 6.45) is 4.07. The van der Waals surface area contributed by atoms with Crippen molar-refractivity contribution < 1.29 is 4.57 Å². The molecule has 0 unspecified atom stereocenters. The van der Waals surface area contributed by atoms with Crippen LogP contribution < -0.4 is 9.47 Å². The number of azo groups is 1. The minimum absolute atomic E-state index is 0.849. The number of hydrogen-bond acceptors (Lipinski definition) is 3. The molecule has 0 aliphatic rings. The van der Waals surface area contributed by atoms with Gasteiger partial charge in [-0.1, -0.05) is 30.3 Å². The van der Waals surface area contributed by atoms with Crippen LogP contribution in [0.25, 0.3) is 0 Å². The molecule has 0 amide bonds. The Morgan fingerprint density at radius 2 is 1.31 bits per heavy atom. The molecule has 0 N–H and O–H groups in total. The fraction of sp³-hybridized carbons (Fsp3) is 0.227. The van der Waals surface area contributed by atoms with E-state index in [1.807, 2.05) is 42.7 Å². The molecular formula is C22H25N4+. The van der Waals surface area contributed by atoms with Crippen LogP contribution in [0, 0.1) is 0 Å². The fourth-order valence-corrected chi connectivity index (χ4v) is 2.85. The molecule has 3 aromatic rings. The highest BCUT2D eigenvalue weighted by atomic mass is 15.1. The topological polar surface area (TPSA) is 31.8 Å². The Bertz CT molecular complexity index is 820. The molecule has 0 spiro atoms. The highest BCUT2D eigenvalue weighted by Gasteiger charge is 2.03. The fourth-order valence-electron chi connectivity index (χ4n) is 2.85. The monoisotopic (exact) mass is 345 g/mol. The van der Waals surface area contributed by atoms with Crippen LogP contribution in [-0.2, 0) is 6.54 Å². The minimum atomic E-state index is 0.849. The highest BCUT2D eigenvalue weighted by Crippen LogP contribution is 2.21. The molecule has 1 heterocycles. The molecule has 4 heteroatoms. The van der Waals surface area contributed by atoms with Gasteiger partial charge < -0.3 is 4.90 Å². The molecule has 0 radical (unpaired) electrons. The summed E-state index contributed by atoms with van der Waals surface area (Å²) in [5.74, 6) is 0. The van der Waals surface area contributed by atoms with Gasteiger partial charge in [0.2, 0.25) is 0 Å². The zero-order valence-corrected chi connectivity index (χ0v) is 15.4. The predicted octanol–water partition coefficient (Wildman–Crippen LogP) is 5.28. The van der Waals surface area contributed by atoms with Gasteiger partial charge in [-0.2, -0.15) is 10.2 Å². The van der Waals surface area contributed by atoms with E-state index >= 15 is 0 Å². The Morgan fingerprint density at radius 3 is 1.88 bits per heavy atom. The standard InChI is InChI=1S/C22H25N4/c1-3-26(4-2)22-12-10-20(11-13-22)23-24-21-14-16-25(17-15-21)18-19-8-6-5-7-9-19/h5-17H,3-4,18H2,1-2H3/q+1. The summed E-state index contributed by atoms with van der Waals surface area (Å²) in [6.45, 7) is 7.19. The van der Waals surface area contributed by atoms with E-state index in [0.29, 0.717) is 0 Å². The Labute approximate surface area is 155 Å². The third-order valence-corrected chi connectivity index (χ3v) is 4.34. The van der Waals surface area contributed by atoms with E-state index in [9.17, 15) is 0 Å². The lowest BCUT2D eigenvalue weighted by Crippen LogP contribution is -2.32. The largest absolute Gasteiger partial charge is 0.372 e. The summed E-state index contributed by atoms with van der Waals surface area (Å²) in [5.41, 5.74) is 4.21. The van der Waals surface area contributed by atoms with Crippen molar-refractivity contribution in [2.24, 2.45) is 10.2 Å². The zero-order valence-electron chi connectivity index (χ0n) is 15.4. The second kappa shape index (κ2) is 8.90. The van der Waals surface area contributed by atoms with Crippen LogP contribution >= 0.6 is 0 Å². The molecule has 26 heavy (non-hydrogen) atoms. The number of pyridine rings is 1. The number of hydrogen-bond donors (Lipinski definition) is 0. The number of nitrogens with zero attached hydrogens (tertiary/aromatic N) is 4. The van der Waals surface area contributed by atoms with Gasteiger partial charge in [0.15, 0.2) is 18.9 Å². The Kier molecular flexibility index (Phi) is 6.09. The first kappa shape index (κ1) is 17.8. The summed E-state index contributed by atoms with van der Waals surface area (Å²) in [7, 11) is 0. The van der Waals surface area contributed by atoms with Crippen LogP contribution in [-0.4, -0.2) is 13.1 Å². The Balaban J connectivity index is 1.63. The lowest BCUT2D eigenvalue weighted by atomic mass is 10.2. The molecule has 0 atom stereocenters. The molecule has 0 saturated heterocycles. The molecule has 3 rings (SSSR count). The second-order valence-electron chi connectivity index (χ2n) is 6.10. The van der Waals surface area contributed by atoms with E-state index in [-0.39, 0.29) is 0 Å². The first-order valence-corrected chi connectivity index (χ1v) is 9.08. The smallest absolute Gasteiger partial charge is 0.173 e. The highest BCUT2D eigenvalue weighted by molar-refractivity contribution is 5.52. The Morgan fingerprint density at radius 1 is 0.731 bits per heavy atom. The summed E-state index contributed by atoms with van der Waals surface area (Å²) in [5, 5.41) is 8.68. The summed E-state index contributed by atoms with van der Waals surface area (Å²) in [4.78, 5) is 2.31. The van der Waals surface area contributed by atoms with Crippen molar-refractivity contribution in [2.75, 3.05) is 18.0 Å².